The summed E-state index contributed by atoms with van der Waals surface area (Å²) in [6.45, 7) is 3.40. The van der Waals surface area contributed by atoms with Gasteiger partial charge < -0.3 is 25.4 Å². The minimum absolute atomic E-state index is 0. The Balaban J connectivity index is 0.000000277. The van der Waals surface area contributed by atoms with Crippen LogP contribution < -0.4 is 14.2 Å². The van der Waals surface area contributed by atoms with Crippen molar-refractivity contribution in [2.24, 2.45) is 0 Å². The molecule has 0 aliphatic rings. The number of rotatable bonds is 20. The molecule has 8 aromatic rings. The van der Waals surface area contributed by atoms with E-state index in [-0.39, 0.29) is 25.2 Å². The molecule has 0 aliphatic carbocycles. The van der Waals surface area contributed by atoms with Crippen LogP contribution in [0.4, 0.5) is 13.2 Å². The van der Waals surface area contributed by atoms with Gasteiger partial charge in [-0.15, -0.1) is 17.0 Å². The van der Waals surface area contributed by atoms with Crippen LogP contribution in [0.3, 0.4) is 0 Å². The molecule has 22 heteroatoms. The molecule has 0 saturated carbocycles. The number of alkyl halides is 3. The van der Waals surface area contributed by atoms with Gasteiger partial charge in [-0.2, -0.15) is 18.3 Å². The van der Waals surface area contributed by atoms with Gasteiger partial charge in [0.2, 0.25) is 0 Å². The summed E-state index contributed by atoms with van der Waals surface area (Å²) >= 11 is 9.45. The van der Waals surface area contributed by atoms with Gasteiger partial charge in [-0.1, -0.05) is 78.5 Å². The number of unbranched alkanes of at least 4 members (excludes halogenated alkanes) is 3. The summed E-state index contributed by atoms with van der Waals surface area (Å²) in [4.78, 5) is 55.5. The Bertz CT molecular complexity index is 3160. The van der Waals surface area contributed by atoms with Crippen LogP contribution in [0.25, 0.3) is 83.1 Å². The average molecular weight is 1180 g/mol. The molecule has 0 unspecified atom stereocenters. The van der Waals surface area contributed by atoms with Gasteiger partial charge in [-0.25, -0.2) is 4.98 Å². The van der Waals surface area contributed by atoms with Crippen molar-refractivity contribution < 1.29 is 61.2 Å². The van der Waals surface area contributed by atoms with Crippen LogP contribution in [0.1, 0.15) is 53.6 Å². The second kappa shape index (κ2) is 29.0. The number of ether oxygens (including phenoxy) is 3. The summed E-state index contributed by atoms with van der Waals surface area (Å²) in [5.41, 5.74) is 11.7. The van der Waals surface area contributed by atoms with E-state index in [0.29, 0.717) is 63.5 Å². The summed E-state index contributed by atoms with van der Waals surface area (Å²) in [6, 6.07) is 29.7. The molecule has 13 nitrogen and oxygen atoms in total. The molecule has 0 atom stereocenters. The van der Waals surface area contributed by atoms with E-state index in [1.807, 2.05) is 66.7 Å². The van der Waals surface area contributed by atoms with E-state index in [1.54, 1.807) is 48.0 Å². The number of nitrogens with zero attached hydrogens (tertiary/aromatic N) is 5. The number of aryl methyl sites for hydroxylation is 1. The van der Waals surface area contributed by atoms with Crippen molar-refractivity contribution in [1.82, 2.24) is 19.9 Å². The van der Waals surface area contributed by atoms with Gasteiger partial charge in [0.25, 0.3) is 19.4 Å². The third kappa shape index (κ3) is 17.0. The number of carbonyl (C=O) groups excluding carboxylic acids is 3. The molecule has 0 aliphatic heterocycles. The first-order valence-corrected chi connectivity index (χ1v) is 25.4. The van der Waals surface area contributed by atoms with Gasteiger partial charge in [0.05, 0.1) is 22.8 Å². The SMILES string of the molecule is CCCCCCc1ccc(/C=C/c2ccnc(/C([NH-])=C/C(=N)C(F)(F)F)c2)s1.O=COc1ccc(-c2ccnc(-c3cc(-c4ccc(OC=O)s4)cc(-c4cc(-c5ccc(OC=O)s5)ccn4)n3)c2)s1.[N-]=C=S.[Ru+2]. The zero-order valence-corrected chi connectivity index (χ0v) is 44.5. The Labute approximate surface area is 457 Å². The fourth-order valence-electron chi connectivity index (χ4n) is 6.66. The van der Waals surface area contributed by atoms with Crippen LogP contribution in [0.5, 0.6) is 15.2 Å². The number of thiocarbonyl (C=S) groups is 1. The zero-order chi connectivity index (χ0) is 52.2. The third-order valence-corrected chi connectivity index (χ3v) is 14.2. The van der Waals surface area contributed by atoms with Crippen molar-refractivity contribution in [1.29, 1.82) is 5.41 Å². The number of aromatic nitrogens is 4. The Morgan fingerprint density at radius 3 is 1.68 bits per heavy atom. The molecular formula is C52H40F3N7O6RuS5. The van der Waals surface area contributed by atoms with E-state index < -0.39 is 17.6 Å². The molecule has 378 valence electrons. The van der Waals surface area contributed by atoms with E-state index in [0.717, 1.165) is 48.2 Å². The largest absolute Gasteiger partial charge is 2.00 e. The molecule has 0 radical (unpaired) electrons. The number of halogens is 3. The van der Waals surface area contributed by atoms with Gasteiger partial charge in [0, 0.05) is 48.7 Å². The van der Waals surface area contributed by atoms with Gasteiger partial charge in [-0.3, -0.25) is 34.7 Å². The quantitative estimate of drug-likeness (QED) is 0.0250. The maximum Gasteiger partial charge on any atom is 2.00 e. The number of hydrogen-bond donors (Lipinski definition) is 1. The van der Waals surface area contributed by atoms with Crippen LogP contribution in [0.2, 0.25) is 0 Å². The fraction of sp³-hybridized carbons (Fsp3) is 0.135. The molecule has 0 amide bonds. The molecule has 74 heavy (non-hydrogen) atoms. The van der Waals surface area contributed by atoms with Gasteiger partial charge in [0.1, 0.15) is 5.71 Å². The summed E-state index contributed by atoms with van der Waals surface area (Å²) in [6.07, 6.45) is 10.4. The van der Waals surface area contributed by atoms with Crippen molar-refractivity contribution in [3.05, 3.63) is 154 Å². The summed E-state index contributed by atoms with van der Waals surface area (Å²) in [7, 11) is 0. The van der Waals surface area contributed by atoms with Crippen molar-refractivity contribution in [2.75, 3.05) is 0 Å². The molecular weight excluding hydrogens is 1140 g/mol. The number of hydrogen-bond acceptors (Lipinski definition) is 16. The molecule has 0 saturated heterocycles. The van der Waals surface area contributed by atoms with Crippen LogP contribution in [-0.2, 0) is 40.3 Å². The summed E-state index contributed by atoms with van der Waals surface area (Å²) in [5, 5.41) is 16.9. The third-order valence-electron chi connectivity index (χ3n) is 10.0. The van der Waals surface area contributed by atoms with E-state index >= 15 is 0 Å². The topological polar surface area (TPSA) is 200 Å². The van der Waals surface area contributed by atoms with Gasteiger partial charge in [0.15, 0.2) is 15.2 Å². The van der Waals surface area contributed by atoms with Crippen LogP contribution in [0, 0.1) is 5.41 Å². The maximum absolute atomic E-state index is 12.4. The second-order valence-corrected chi connectivity index (χ2v) is 19.5. The monoisotopic (exact) mass is 1180 g/mol. The number of carbonyl (C=O) groups is 3. The van der Waals surface area contributed by atoms with E-state index in [4.69, 9.17) is 35.7 Å². The van der Waals surface area contributed by atoms with Gasteiger partial charge >= 0.3 is 25.7 Å². The number of nitrogens with one attached hydrogen (secondary N) is 2. The fourth-order valence-corrected chi connectivity index (χ4v) is 10.1. The molecule has 8 aromatic heterocycles. The predicted octanol–water partition coefficient (Wildman–Crippen LogP) is 15.1. The minimum Gasteiger partial charge on any atom is -0.753 e. The van der Waals surface area contributed by atoms with Crippen LogP contribution in [-0.4, -0.2) is 56.4 Å². The van der Waals surface area contributed by atoms with E-state index in [1.165, 1.54) is 82.0 Å². The second-order valence-electron chi connectivity index (χ2n) is 15.0. The Morgan fingerprint density at radius 1 is 0.676 bits per heavy atom. The Hall–Kier alpha value is -7.03. The number of allylic oxidation sites excluding steroid dienone is 1. The number of pyridine rings is 4. The molecule has 8 heterocycles. The Kier molecular flexibility index (Phi) is 22.7. The average Bonchev–Trinajstić information content (AvgIpc) is 4.25. The van der Waals surface area contributed by atoms with Crippen molar-refractivity contribution in [3.63, 3.8) is 0 Å². The summed E-state index contributed by atoms with van der Waals surface area (Å²) in [5.74, 6) is 0. The normalized spacial score (nSPS) is 10.9. The van der Waals surface area contributed by atoms with Crippen molar-refractivity contribution in [3.8, 4) is 69.3 Å². The van der Waals surface area contributed by atoms with Gasteiger partial charge in [-0.05, 0) is 144 Å². The molecule has 0 aromatic carbocycles. The molecule has 8 rings (SSSR count). The first kappa shape index (κ1) is 57.9. The standard InChI is InChI=1S/C30H17N3O6S3.C21H23F3N3S.CNS.Ru/c34-15-37-28-4-1-25(40-28)18-7-9-31-21(11-18)23-13-20(27-3-6-30(42-27)39-17-36)14-24(33-23)22-12-19(8-10-32-22)26-2-5-29(41-26)38-16-35;1-2-3-4-5-6-16-9-10-17(28-16)8-7-15-11-12-27-19(13-15)18(25)14-20(26)21(22,23)24;2-1-3;/h1-17H;7-14,25-26H,2-6H2,1H3;;/q;2*-1;+2/b;8-7+,18-14-,26-20?;;. The predicted molar refractivity (Wildman–Crippen MR) is 288 cm³/mol. The Morgan fingerprint density at radius 2 is 1.18 bits per heavy atom. The number of isothiocyanates is 1. The molecule has 0 spiro atoms. The number of thiophene rings is 4. The van der Waals surface area contributed by atoms with E-state index in [2.05, 4.69) is 46.2 Å². The van der Waals surface area contributed by atoms with Crippen LogP contribution >= 0.6 is 57.6 Å². The molecule has 0 bridgehead atoms. The first-order valence-electron chi connectivity index (χ1n) is 21.7. The smallest absolute Gasteiger partial charge is 0.753 e. The minimum atomic E-state index is -4.77. The zero-order valence-electron chi connectivity index (χ0n) is 38.7. The summed E-state index contributed by atoms with van der Waals surface area (Å²) < 4.78 is 52.3. The first-order chi connectivity index (χ1) is 35.3. The van der Waals surface area contributed by atoms with Crippen molar-refractivity contribution >= 4 is 106 Å². The van der Waals surface area contributed by atoms with E-state index in [9.17, 15) is 27.6 Å². The maximum atomic E-state index is 12.4. The molecule has 0 fully saturated rings. The van der Waals surface area contributed by atoms with Crippen molar-refractivity contribution in [2.45, 2.75) is 45.2 Å². The molecule has 2 N–H and O–H groups in total. The van der Waals surface area contributed by atoms with Crippen LogP contribution in [0.15, 0.2) is 122 Å².